The Morgan fingerprint density at radius 3 is 2.47 bits per heavy atom. The van der Waals surface area contributed by atoms with Gasteiger partial charge in [0.15, 0.2) is 0 Å². The minimum atomic E-state index is -1.25. The van der Waals surface area contributed by atoms with Crippen LogP contribution in [0.25, 0.3) is 6.08 Å². The van der Waals surface area contributed by atoms with E-state index in [9.17, 15) is 8.60 Å². The minimum Gasteiger partial charge on any atom is -0.242 e. The zero-order chi connectivity index (χ0) is 12.9. The van der Waals surface area contributed by atoms with Gasteiger partial charge in [-0.3, -0.25) is 0 Å². The van der Waals surface area contributed by atoms with Gasteiger partial charge < -0.3 is 0 Å². The maximum atomic E-state index is 13.5. The van der Waals surface area contributed by atoms with Crippen LogP contribution < -0.4 is 4.72 Å². The predicted molar refractivity (Wildman–Crippen MR) is 71.4 cm³/mol. The third-order valence-corrected chi connectivity index (χ3v) is 3.57. The summed E-state index contributed by atoms with van der Waals surface area (Å²) in [6.45, 7) is 5.51. The van der Waals surface area contributed by atoms with Gasteiger partial charge in [-0.25, -0.2) is 13.3 Å². The van der Waals surface area contributed by atoms with Gasteiger partial charge >= 0.3 is 0 Å². The lowest BCUT2D eigenvalue weighted by atomic mass is 10.2. The van der Waals surface area contributed by atoms with E-state index in [2.05, 4.69) is 4.72 Å². The van der Waals surface area contributed by atoms with Gasteiger partial charge in [-0.05, 0) is 32.4 Å². The Hall–Kier alpha value is -1.00. The molecule has 2 nitrogen and oxygen atoms in total. The highest BCUT2D eigenvalue weighted by molar-refractivity contribution is 7.84. The van der Waals surface area contributed by atoms with Crippen LogP contribution in [0.15, 0.2) is 36.2 Å². The van der Waals surface area contributed by atoms with Gasteiger partial charge in [-0.2, -0.15) is 0 Å². The van der Waals surface area contributed by atoms with Gasteiger partial charge in [0.1, 0.15) is 5.83 Å². The molecule has 17 heavy (non-hydrogen) atoms. The molecule has 0 amide bonds. The normalized spacial score (nSPS) is 14.7. The van der Waals surface area contributed by atoms with Crippen molar-refractivity contribution in [1.29, 1.82) is 0 Å². The Kier molecular flexibility index (Phi) is 5.02. The van der Waals surface area contributed by atoms with Crippen molar-refractivity contribution in [3.63, 3.8) is 0 Å². The van der Waals surface area contributed by atoms with Crippen molar-refractivity contribution in [2.24, 2.45) is 0 Å². The van der Waals surface area contributed by atoms with Crippen molar-refractivity contribution in [3.05, 3.63) is 41.7 Å². The average Bonchev–Trinajstić information content (AvgIpc) is 2.26. The van der Waals surface area contributed by atoms with Crippen LogP contribution in [0.3, 0.4) is 0 Å². The SMILES string of the molecule is CC(C)(C)S(=O)NC/C(F)=C/c1ccccc1. The third-order valence-electron chi connectivity index (χ3n) is 2.05. The molecule has 0 spiro atoms. The summed E-state index contributed by atoms with van der Waals surface area (Å²) in [5.41, 5.74) is 0.799. The number of halogens is 1. The monoisotopic (exact) mass is 255 g/mol. The Morgan fingerprint density at radius 1 is 1.35 bits per heavy atom. The lowest BCUT2D eigenvalue weighted by Crippen LogP contribution is -2.33. The van der Waals surface area contributed by atoms with E-state index in [0.717, 1.165) is 5.56 Å². The van der Waals surface area contributed by atoms with Gasteiger partial charge in [0.25, 0.3) is 0 Å². The van der Waals surface area contributed by atoms with E-state index in [4.69, 9.17) is 0 Å². The molecule has 1 rings (SSSR count). The van der Waals surface area contributed by atoms with E-state index in [-0.39, 0.29) is 17.1 Å². The summed E-state index contributed by atoms with van der Waals surface area (Å²) in [5.74, 6) is -0.325. The summed E-state index contributed by atoms with van der Waals surface area (Å²) in [5, 5.41) is 0. The van der Waals surface area contributed by atoms with Crippen molar-refractivity contribution in [2.45, 2.75) is 25.5 Å². The third kappa shape index (κ3) is 5.24. The number of benzene rings is 1. The number of hydrogen-bond acceptors (Lipinski definition) is 1. The first kappa shape index (κ1) is 14.1. The molecule has 0 radical (unpaired) electrons. The number of hydrogen-bond donors (Lipinski definition) is 1. The van der Waals surface area contributed by atoms with Crippen LogP contribution in [0.1, 0.15) is 26.3 Å². The molecule has 1 aromatic rings. The van der Waals surface area contributed by atoms with E-state index in [0.29, 0.717) is 0 Å². The molecule has 0 aliphatic carbocycles. The summed E-state index contributed by atoms with van der Waals surface area (Å²) < 4.78 is 27.4. The van der Waals surface area contributed by atoms with Crippen LogP contribution >= 0.6 is 0 Å². The maximum absolute atomic E-state index is 13.5. The van der Waals surface area contributed by atoms with Gasteiger partial charge in [0.05, 0.1) is 22.3 Å². The molecule has 1 atom stereocenters. The summed E-state index contributed by atoms with van der Waals surface area (Å²) in [6.07, 6.45) is 1.44. The fourth-order valence-corrected chi connectivity index (χ4v) is 1.83. The molecule has 1 aromatic carbocycles. The standard InChI is InChI=1S/C13H18FNOS/c1-13(2,3)17(16)15-10-12(14)9-11-7-5-4-6-8-11/h4-9,15H,10H2,1-3H3/b12-9-. The maximum Gasteiger partial charge on any atom is 0.115 e. The van der Waals surface area contributed by atoms with Gasteiger partial charge in [-0.1, -0.05) is 30.3 Å². The summed E-state index contributed by atoms with van der Waals surface area (Å²) in [6, 6.07) is 9.21. The molecular weight excluding hydrogens is 237 g/mol. The Morgan fingerprint density at radius 2 is 1.94 bits per heavy atom. The first-order valence-electron chi connectivity index (χ1n) is 5.46. The highest BCUT2D eigenvalue weighted by Crippen LogP contribution is 2.10. The van der Waals surface area contributed by atoms with Crippen LogP contribution in [0.2, 0.25) is 0 Å². The molecule has 1 unspecified atom stereocenters. The molecule has 94 valence electrons. The van der Waals surface area contributed by atoms with Crippen molar-refractivity contribution in [3.8, 4) is 0 Å². The molecule has 0 saturated carbocycles. The number of nitrogens with one attached hydrogen (secondary N) is 1. The Labute approximate surface area is 105 Å². The second kappa shape index (κ2) is 6.07. The lowest BCUT2D eigenvalue weighted by Gasteiger charge is -2.17. The second-order valence-electron chi connectivity index (χ2n) is 4.70. The van der Waals surface area contributed by atoms with E-state index in [1.807, 2.05) is 51.1 Å². The summed E-state index contributed by atoms with van der Waals surface area (Å²) in [4.78, 5) is 0. The first-order chi connectivity index (χ1) is 7.89. The van der Waals surface area contributed by atoms with Crippen LogP contribution in [0.4, 0.5) is 4.39 Å². The van der Waals surface area contributed by atoms with E-state index in [1.54, 1.807) is 0 Å². The Balaban J connectivity index is 2.54. The van der Waals surface area contributed by atoms with Crippen LogP contribution in [-0.2, 0) is 11.0 Å². The Bertz CT molecular complexity index is 409. The highest BCUT2D eigenvalue weighted by atomic mass is 32.2. The van der Waals surface area contributed by atoms with Crippen molar-refractivity contribution in [1.82, 2.24) is 4.72 Å². The van der Waals surface area contributed by atoms with Crippen LogP contribution in [0.5, 0.6) is 0 Å². The van der Waals surface area contributed by atoms with Gasteiger partial charge in [0.2, 0.25) is 0 Å². The van der Waals surface area contributed by atoms with E-state index >= 15 is 0 Å². The highest BCUT2D eigenvalue weighted by Gasteiger charge is 2.19. The molecule has 0 saturated heterocycles. The first-order valence-corrected chi connectivity index (χ1v) is 6.61. The lowest BCUT2D eigenvalue weighted by molar-refractivity contribution is 0.599. The molecule has 0 fully saturated rings. The average molecular weight is 255 g/mol. The van der Waals surface area contributed by atoms with Crippen molar-refractivity contribution < 1.29 is 8.60 Å². The summed E-state index contributed by atoms with van der Waals surface area (Å²) >= 11 is 0. The smallest absolute Gasteiger partial charge is 0.115 e. The molecule has 0 bridgehead atoms. The fourth-order valence-electron chi connectivity index (χ4n) is 1.13. The molecule has 0 heterocycles. The van der Waals surface area contributed by atoms with Crippen molar-refractivity contribution in [2.75, 3.05) is 6.54 Å². The summed E-state index contributed by atoms with van der Waals surface area (Å²) in [7, 11) is -1.25. The fraction of sp³-hybridized carbons (Fsp3) is 0.385. The zero-order valence-corrected chi connectivity index (χ0v) is 11.2. The minimum absolute atomic E-state index is 0.0151. The van der Waals surface area contributed by atoms with Gasteiger partial charge in [-0.15, -0.1) is 0 Å². The second-order valence-corrected chi connectivity index (χ2v) is 6.75. The molecule has 4 heteroatoms. The van der Waals surface area contributed by atoms with E-state index in [1.165, 1.54) is 6.08 Å². The largest absolute Gasteiger partial charge is 0.242 e. The topological polar surface area (TPSA) is 29.1 Å². The molecule has 0 aromatic heterocycles. The molecule has 0 aliphatic rings. The van der Waals surface area contributed by atoms with E-state index < -0.39 is 11.0 Å². The quantitative estimate of drug-likeness (QED) is 0.880. The molecular formula is C13H18FNOS. The van der Waals surface area contributed by atoms with Crippen molar-refractivity contribution >= 4 is 17.1 Å². The zero-order valence-electron chi connectivity index (χ0n) is 10.4. The van der Waals surface area contributed by atoms with Crippen LogP contribution in [-0.4, -0.2) is 15.5 Å². The molecule has 1 N–H and O–H groups in total. The predicted octanol–water partition coefficient (Wildman–Crippen LogP) is 3.05. The molecule has 0 aliphatic heterocycles. The van der Waals surface area contributed by atoms with Crippen LogP contribution in [0, 0.1) is 0 Å². The van der Waals surface area contributed by atoms with Gasteiger partial charge in [0, 0.05) is 0 Å². The number of rotatable bonds is 4.